The number of ether oxygens (including phenoxy) is 1. The van der Waals surface area contributed by atoms with E-state index >= 15 is 0 Å². The number of ketones is 1. The van der Waals surface area contributed by atoms with Crippen LogP contribution in [0, 0.1) is 10.1 Å². The van der Waals surface area contributed by atoms with Gasteiger partial charge in [0.15, 0.2) is 5.78 Å². The first-order valence-electron chi connectivity index (χ1n) is 5.94. The van der Waals surface area contributed by atoms with Crippen LogP contribution in [0.1, 0.15) is 10.4 Å². The van der Waals surface area contributed by atoms with Gasteiger partial charge in [0, 0.05) is 22.2 Å². The second-order valence-corrected chi connectivity index (χ2v) is 4.96. The van der Waals surface area contributed by atoms with Crippen LogP contribution in [-0.2, 0) is 0 Å². The molecule has 0 fully saturated rings. The van der Waals surface area contributed by atoms with Crippen molar-refractivity contribution in [2.75, 3.05) is 0 Å². The molecule has 0 N–H and O–H groups in total. The third-order valence-electron chi connectivity index (χ3n) is 2.58. The van der Waals surface area contributed by atoms with Crippen molar-refractivity contribution in [1.82, 2.24) is 0 Å². The van der Waals surface area contributed by atoms with E-state index in [1.54, 1.807) is 30.3 Å². The minimum Gasteiger partial charge on any atom is -0.465 e. The molecule has 0 aromatic heterocycles. The van der Waals surface area contributed by atoms with Crippen molar-refractivity contribution >= 4 is 27.4 Å². The highest BCUT2D eigenvalue weighted by Crippen LogP contribution is 2.19. The summed E-state index contributed by atoms with van der Waals surface area (Å²) in [7, 11) is 0. The van der Waals surface area contributed by atoms with Gasteiger partial charge in [-0.05, 0) is 30.3 Å². The van der Waals surface area contributed by atoms with E-state index < -0.39 is 4.92 Å². The molecule has 0 atom stereocenters. The monoisotopic (exact) mass is 347 g/mol. The molecule has 0 aliphatic heterocycles. The average molecular weight is 348 g/mol. The van der Waals surface area contributed by atoms with E-state index in [1.807, 2.05) is 0 Å². The molecule has 0 aliphatic rings. The highest BCUT2D eigenvalue weighted by molar-refractivity contribution is 9.10. The Balaban J connectivity index is 2.02. The van der Waals surface area contributed by atoms with Crippen LogP contribution in [0.3, 0.4) is 0 Å². The van der Waals surface area contributed by atoms with E-state index in [1.165, 1.54) is 30.5 Å². The first-order chi connectivity index (χ1) is 10.1. The number of carbonyl (C=O) groups excluding carboxylic acids is 1. The number of allylic oxidation sites excluding steroid dienone is 1. The fourth-order valence-electron chi connectivity index (χ4n) is 1.56. The van der Waals surface area contributed by atoms with Gasteiger partial charge in [-0.2, -0.15) is 0 Å². The van der Waals surface area contributed by atoms with Gasteiger partial charge in [0.25, 0.3) is 5.69 Å². The summed E-state index contributed by atoms with van der Waals surface area (Å²) < 4.78 is 6.08. The van der Waals surface area contributed by atoms with Gasteiger partial charge in [-0.3, -0.25) is 14.9 Å². The number of non-ortho nitro benzene ring substituents is 1. The molecule has 6 heteroatoms. The Morgan fingerprint density at radius 3 is 2.57 bits per heavy atom. The van der Waals surface area contributed by atoms with E-state index in [0.717, 1.165) is 4.47 Å². The van der Waals surface area contributed by atoms with Crippen molar-refractivity contribution in [2.45, 2.75) is 0 Å². The van der Waals surface area contributed by atoms with Crippen molar-refractivity contribution in [2.24, 2.45) is 0 Å². The molecule has 2 aromatic carbocycles. The number of hydrogen-bond donors (Lipinski definition) is 0. The third-order valence-corrected chi connectivity index (χ3v) is 3.11. The maximum absolute atomic E-state index is 11.8. The van der Waals surface area contributed by atoms with Crippen LogP contribution in [0.25, 0.3) is 0 Å². The minimum atomic E-state index is -0.510. The molecule has 2 aromatic rings. The molecule has 106 valence electrons. The lowest BCUT2D eigenvalue weighted by molar-refractivity contribution is -0.384. The highest BCUT2D eigenvalue weighted by atomic mass is 79.9. The lowest BCUT2D eigenvalue weighted by Crippen LogP contribution is -1.95. The van der Waals surface area contributed by atoms with E-state index in [-0.39, 0.29) is 11.5 Å². The van der Waals surface area contributed by atoms with Crippen molar-refractivity contribution < 1.29 is 14.5 Å². The molecule has 5 nitrogen and oxygen atoms in total. The van der Waals surface area contributed by atoms with Crippen LogP contribution >= 0.6 is 15.9 Å². The van der Waals surface area contributed by atoms with E-state index in [4.69, 9.17) is 4.74 Å². The number of nitro groups is 1. The van der Waals surface area contributed by atoms with Crippen molar-refractivity contribution in [3.63, 3.8) is 0 Å². The summed E-state index contributed by atoms with van der Waals surface area (Å²) in [5, 5.41) is 10.6. The second kappa shape index (κ2) is 6.81. The molecule has 0 saturated heterocycles. The molecule has 0 bridgehead atoms. The summed E-state index contributed by atoms with van der Waals surface area (Å²) in [6.45, 7) is 0. The maximum Gasteiger partial charge on any atom is 0.273 e. The normalized spacial score (nSPS) is 10.5. The standard InChI is InChI=1S/C15H10BrNO4/c16-12-6-4-11(5-7-12)15(18)8-9-21-14-3-1-2-13(10-14)17(19)20/h1-10H/b9-8+. The van der Waals surface area contributed by atoms with Gasteiger partial charge in [0.2, 0.25) is 0 Å². The van der Waals surface area contributed by atoms with Gasteiger partial charge in [-0.25, -0.2) is 0 Å². The van der Waals surface area contributed by atoms with E-state index in [0.29, 0.717) is 11.3 Å². The Labute approximate surface area is 129 Å². The zero-order valence-corrected chi connectivity index (χ0v) is 12.3. The Hall–Kier alpha value is -2.47. The largest absolute Gasteiger partial charge is 0.465 e. The van der Waals surface area contributed by atoms with Gasteiger partial charge in [0.05, 0.1) is 17.3 Å². The molecule has 21 heavy (non-hydrogen) atoms. The Kier molecular flexibility index (Phi) is 4.84. The van der Waals surface area contributed by atoms with Crippen LogP contribution in [-0.4, -0.2) is 10.7 Å². The molecule has 0 amide bonds. The molecule has 0 spiro atoms. The van der Waals surface area contributed by atoms with Gasteiger partial charge in [-0.1, -0.05) is 22.0 Å². The summed E-state index contributed by atoms with van der Waals surface area (Å²) in [4.78, 5) is 21.9. The number of halogens is 1. The number of nitrogens with zero attached hydrogens (tertiary/aromatic N) is 1. The summed E-state index contributed by atoms with van der Waals surface area (Å²) in [6, 6.07) is 12.6. The lowest BCUT2D eigenvalue weighted by Gasteiger charge is -2.00. The van der Waals surface area contributed by atoms with Crippen molar-refractivity contribution in [3.8, 4) is 5.75 Å². The summed E-state index contributed by atoms with van der Waals surface area (Å²) in [6.07, 6.45) is 2.48. The predicted octanol–water partition coefficient (Wildman–Crippen LogP) is 4.13. The number of nitro benzene ring substituents is 1. The molecular weight excluding hydrogens is 338 g/mol. The number of hydrogen-bond acceptors (Lipinski definition) is 4. The summed E-state index contributed by atoms with van der Waals surface area (Å²) in [5.41, 5.74) is 0.456. The van der Waals surface area contributed by atoms with Crippen LogP contribution in [0.15, 0.2) is 65.3 Å². The number of rotatable bonds is 5. The van der Waals surface area contributed by atoms with E-state index in [2.05, 4.69) is 15.9 Å². The molecular formula is C15H10BrNO4. The Bertz CT molecular complexity index is 695. The molecule has 0 radical (unpaired) electrons. The number of carbonyl (C=O) groups is 1. The molecule has 0 heterocycles. The van der Waals surface area contributed by atoms with Crippen LogP contribution in [0.5, 0.6) is 5.75 Å². The van der Waals surface area contributed by atoms with Gasteiger partial charge in [0.1, 0.15) is 5.75 Å². The minimum absolute atomic E-state index is 0.0693. The SMILES string of the molecule is O=C(/C=C/Oc1cccc([N+](=O)[O-])c1)c1ccc(Br)cc1. The van der Waals surface area contributed by atoms with Crippen LogP contribution in [0.2, 0.25) is 0 Å². The second-order valence-electron chi connectivity index (χ2n) is 4.05. The first-order valence-corrected chi connectivity index (χ1v) is 6.73. The van der Waals surface area contributed by atoms with Crippen LogP contribution < -0.4 is 4.74 Å². The Morgan fingerprint density at radius 1 is 1.19 bits per heavy atom. The molecule has 0 unspecified atom stereocenters. The number of benzene rings is 2. The third kappa shape index (κ3) is 4.25. The topological polar surface area (TPSA) is 69.4 Å². The van der Waals surface area contributed by atoms with E-state index in [9.17, 15) is 14.9 Å². The van der Waals surface area contributed by atoms with Gasteiger partial charge >= 0.3 is 0 Å². The quantitative estimate of drug-likeness (QED) is 0.268. The van der Waals surface area contributed by atoms with Crippen molar-refractivity contribution in [3.05, 3.63) is 81.0 Å². The Morgan fingerprint density at radius 2 is 1.90 bits per heavy atom. The molecule has 0 aliphatic carbocycles. The fraction of sp³-hybridized carbons (Fsp3) is 0. The van der Waals surface area contributed by atoms with Gasteiger partial charge in [-0.15, -0.1) is 0 Å². The summed E-state index contributed by atoms with van der Waals surface area (Å²) >= 11 is 3.29. The maximum atomic E-state index is 11.8. The smallest absolute Gasteiger partial charge is 0.273 e. The molecule has 0 saturated carbocycles. The lowest BCUT2D eigenvalue weighted by atomic mass is 10.1. The predicted molar refractivity (Wildman–Crippen MR) is 81.3 cm³/mol. The highest BCUT2D eigenvalue weighted by Gasteiger charge is 2.06. The van der Waals surface area contributed by atoms with Gasteiger partial charge < -0.3 is 4.74 Å². The zero-order valence-electron chi connectivity index (χ0n) is 10.7. The molecule has 2 rings (SSSR count). The van der Waals surface area contributed by atoms with Crippen LogP contribution in [0.4, 0.5) is 5.69 Å². The van der Waals surface area contributed by atoms with Crippen molar-refractivity contribution in [1.29, 1.82) is 0 Å². The summed E-state index contributed by atoms with van der Waals surface area (Å²) in [5.74, 6) is 0.0805. The fourth-order valence-corrected chi connectivity index (χ4v) is 1.82. The zero-order chi connectivity index (χ0) is 15.2. The first kappa shape index (κ1) is 14.9. The average Bonchev–Trinajstić information content (AvgIpc) is 2.48.